The van der Waals surface area contributed by atoms with Gasteiger partial charge in [0.1, 0.15) is 11.5 Å². The van der Waals surface area contributed by atoms with Gasteiger partial charge in [0, 0.05) is 5.56 Å². The van der Waals surface area contributed by atoms with Crippen LogP contribution in [0.2, 0.25) is 0 Å². The second-order valence-electron chi connectivity index (χ2n) is 5.45. The van der Waals surface area contributed by atoms with Crippen LogP contribution in [-0.2, 0) is 16.0 Å². The number of nitrogens with zero attached hydrogens (tertiary/aromatic N) is 2. The minimum atomic E-state index is -0.969. The van der Waals surface area contributed by atoms with Gasteiger partial charge in [0.05, 0.1) is 22.0 Å². The summed E-state index contributed by atoms with van der Waals surface area (Å²) in [6, 6.07) is 7.29. The van der Waals surface area contributed by atoms with E-state index in [2.05, 4.69) is 9.47 Å². The van der Waals surface area contributed by atoms with Gasteiger partial charge in [-0.05, 0) is 37.1 Å². The van der Waals surface area contributed by atoms with Crippen molar-refractivity contribution in [3.8, 4) is 11.5 Å². The number of nitro groups is 2. The Bertz CT molecular complexity index is 888. The normalized spacial score (nSPS) is 9.59. The van der Waals surface area contributed by atoms with Crippen LogP contribution in [0.4, 0.5) is 15.8 Å². The Labute approximate surface area is 164 Å². The smallest absolute Gasteiger partial charge is 0.308 e. The van der Waals surface area contributed by atoms with Crippen molar-refractivity contribution in [1.82, 2.24) is 0 Å². The predicted octanol–water partition coefficient (Wildman–Crippen LogP) is 3.74. The second-order valence-corrected chi connectivity index (χ2v) is 5.45. The SMILES string of the molecule is CCCCc1ccc(OC=O)cc1[N+](=O)[O-].O=COc1ccc(F)c([N+](=O)[O-])c1. The number of carbonyl (C=O) groups excluding carboxylic acids is 2. The zero-order chi connectivity index (χ0) is 21.8. The van der Waals surface area contributed by atoms with E-state index in [1.54, 1.807) is 12.1 Å². The van der Waals surface area contributed by atoms with Crippen LogP contribution in [0.25, 0.3) is 0 Å². The Kier molecular flexibility index (Phi) is 9.38. The maximum Gasteiger partial charge on any atom is 0.308 e. The van der Waals surface area contributed by atoms with Gasteiger partial charge in [0.15, 0.2) is 0 Å². The number of rotatable bonds is 9. The predicted molar refractivity (Wildman–Crippen MR) is 98.1 cm³/mol. The van der Waals surface area contributed by atoms with Crippen molar-refractivity contribution in [3.63, 3.8) is 0 Å². The lowest BCUT2D eigenvalue weighted by Gasteiger charge is -2.03. The standard InChI is InChI=1S/C11H13NO4.C7H4FNO4/c1-2-3-4-9-5-6-10(16-8-13)7-11(9)12(14)15;8-6-2-1-5(13-4-10)3-7(6)9(11)12/h5-8H,2-4H2,1H3;1-4H. The van der Waals surface area contributed by atoms with Crippen LogP contribution in [-0.4, -0.2) is 22.8 Å². The minimum Gasteiger partial charge on any atom is -0.428 e. The first-order valence-corrected chi connectivity index (χ1v) is 8.25. The van der Waals surface area contributed by atoms with Crippen molar-refractivity contribution in [2.24, 2.45) is 0 Å². The van der Waals surface area contributed by atoms with E-state index in [4.69, 9.17) is 0 Å². The fourth-order valence-electron chi connectivity index (χ4n) is 2.18. The summed E-state index contributed by atoms with van der Waals surface area (Å²) in [6.45, 7) is 2.39. The Morgan fingerprint density at radius 1 is 0.931 bits per heavy atom. The molecule has 0 aliphatic heterocycles. The van der Waals surface area contributed by atoms with Crippen LogP contribution >= 0.6 is 0 Å². The number of carbonyl (C=O) groups is 2. The summed E-state index contributed by atoms with van der Waals surface area (Å²) in [5, 5.41) is 21.0. The third-order valence-corrected chi connectivity index (χ3v) is 3.54. The summed E-state index contributed by atoms with van der Waals surface area (Å²) >= 11 is 0. The van der Waals surface area contributed by atoms with Gasteiger partial charge >= 0.3 is 5.69 Å². The van der Waals surface area contributed by atoms with Crippen LogP contribution in [0.5, 0.6) is 11.5 Å². The monoisotopic (exact) mass is 408 g/mol. The summed E-state index contributed by atoms with van der Waals surface area (Å²) in [4.78, 5) is 39.6. The third kappa shape index (κ3) is 7.33. The van der Waals surface area contributed by atoms with E-state index in [-0.39, 0.29) is 30.1 Å². The highest BCUT2D eigenvalue weighted by Crippen LogP contribution is 2.26. The van der Waals surface area contributed by atoms with Gasteiger partial charge in [-0.25, -0.2) is 0 Å². The molecule has 154 valence electrons. The Balaban J connectivity index is 0.000000296. The zero-order valence-corrected chi connectivity index (χ0v) is 15.3. The average molecular weight is 408 g/mol. The lowest BCUT2D eigenvalue weighted by atomic mass is 10.1. The summed E-state index contributed by atoms with van der Waals surface area (Å²) in [7, 11) is 0. The highest BCUT2D eigenvalue weighted by atomic mass is 19.1. The molecule has 10 nitrogen and oxygen atoms in total. The van der Waals surface area contributed by atoms with E-state index in [9.17, 15) is 34.2 Å². The second kappa shape index (κ2) is 11.7. The molecule has 0 unspecified atom stereocenters. The first kappa shape index (κ1) is 23.1. The first-order valence-electron chi connectivity index (χ1n) is 8.25. The number of unbranched alkanes of at least 4 members (excludes halogenated alkanes) is 1. The highest BCUT2D eigenvalue weighted by Gasteiger charge is 2.15. The number of benzene rings is 2. The molecule has 0 spiro atoms. The van der Waals surface area contributed by atoms with Crippen molar-refractivity contribution in [2.75, 3.05) is 0 Å². The largest absolute Gasteiger partial charge is 0.428 e. The van der Waals surface area contributed by atoms with Gasteiger partial charge in [-0.3, -0.25) is 29.8 Å². The van der Waals surface area contributed by atoms with Gasteiger partial charge in [-0.1, -0.05) is 13.3 Å². The lowest BCUT2D eigenvalue weighted by molar-refractivity contribution is -0.387. The highest BCUT2D eigenvalue weighted by molar-refractivity contribution is 5.51. The van der Waals surface area contributed by atoms with Crippen LogP contribution < -0.4 is 9.47 Å². The van der Waals surface area contributed by atoms with Crippen molar-refractivity contribution >= 4 is 24.3 Å². The van der Waals surface area contributed by atoms with E-state index in [1.807, 2.05) is 6.92 Å². The van der Waals surface area contributed by atoms with E-state index in [0.717, 1.165) is 31.0 Å². The number of hydrogen-bond acceptors (Lipinski definition) is 8. The molecule has 0 bridgehead atoms. The van der Waals surface area contributed by atoms with Crippen molar-refractivity contribution in [2.45, 2.75) is 26.2 Å². The van der Waals surface area contributed by atoms with Gasteiger partial charge in [0.25, 0.3) is 18.6 Å². The van der Waals surface area contributed by atoms with Crippen LogP contribution in [0.3, 0.4) is 0 Å². The van der Waals surface area contributed by atoms with Gasteiger partial charge in [-0.15, -0.1) is 0 Å². The Morgan fingerprint density at radius 3 is 1.93 bits per heavy atom. The summed E-state index contributed by atoms with van der Waals surface area (Å²) in [5.74, 6) is -0.840. The zero-order valence-electron chi connectivity index (χ0n) is 15.3. The van der Waals surface area contributed by atoms with Crippen molar-refractivity contribution in [1.29, 1.82) is 0 Å². The molecule has 0 aromatic heterocycles. The summed E-state index contributed by atoms with van der Waals surface area (Å²) in [6.07, 6.45) is 2.53. The molecule has 2 rings (SSSR count). The molecule has 0 N–H and O–H groups in total. The molecule has 0 heterocycles. The third-order valence-electron chi connectivity index (χ3n) is 3.54. The molecule has 0 saturated heterocycles. The number of halogens is 1. The molecule has 0 radical (unpaired) electrons. The van der Waals surface area contributed by atoms with E-state index >= 15 is 0 Å². The maximum atomic E-state index is 12.7. The molecular weight excluding hydrogens is 391 g/mol. The Morgan fingerprint density at radius 2 is 1.45 bits per heavy atom. The van der Waals surface area contributed by atoms with Crippen molar-refractivity contribution < 1.29 is 33.3 Å². The van der Waals surface area contributed by atoms with E-state index < -0.39 is 21.4 Å². The molecule has 11 heteroatoms. The maximum absolute atomic E-state index is 12.7. The number of aryl methyl sites for hydroxylation is 1. The topological polar surface area (TPSA) is 139 Å². The quantitative estimate of drug-likeness (QED) is 0.347. The molecule has 0 aliphatic carbocycles. The molecule has 0 aliphatic rings. The van der Waals surface area contributed by atoms with Crippen molar-refractivity contribution in [3.05, 3.63) is 68.0 Å². The molecule has 0 atom stereocenters. The van der Waals surface area contributed by atoms with Gasteiger partial charge in [-0.2, -0.15) is 4.39 Å². The lowest BCUT2D eigenvalue weighted by Crippen LogP contribution is -1.97. The molecule has 2 aromatic carbocycles. The van der Waals surface area contributed by atoms with Gasteiger partial charge in [0.2, 0.25) is 5.82 Å². The average Bonchev–Trinajstić information content (AvgIpc) is 2.69. The van der Waals surface area contributed by atoms with E-state index in [0.29, 0.717) is 12.0 Å². The molecule has 29 heavy (non-hydrogen) atoms. The fraction of sp³-hybridized carbons (Fsp3) is 0.222. The first-order chi connectivity index (χ1) is 13.8. The number of hydrogen-bond donors (Lipinski definition) is 0. The summed E-state index contributed by atoms with van der Waals surface area (Å²) in [5.41, 5.74) is -0.0442. The van der Waals surface area contributed by atoms with Crippen LogP contribution in [0.15, 0.2) is 36.4 Å². The molecule has 0 amide bonds. The fourth-order valence-corrected chi connectivity index (χ4v) is 2.18. The van der Waals surface area contributed by atoms with Crippen LogP contribution in [0, 0.1) is 26.0 Å². The van der Waals surface area contributed by atoms with E-state index in [1.165, 1.54) is 6.07 Å². The number of ether oxygens (including phenoxy) is 2. The number of nitro benzene ring substituents is 2. The molecule has 0 fully saturated rings. The minimum absolute atomic E-state index is 0.00722. The molecule has 2 aromatic rings. The Hall–Kier alpha value is -3.89. The summed E-state index contributed by atoms with van der Waals surface area (Å²) < 4.78 is 21.5. The van der Waals surface area contributed by atoms with Crippen LogP contribution in [0.1, 0.15) is 25.3 Å². The molecular formula is C18H17FN2O8. The van der Waals surface area contributed by atoms with Gasteiger partial charge < -0.3 is 9.47 Å². The molecule has 0 saturated carbocycles.